The quantitative estimate of drug-likeness (QED) is 0.712. The van der Waals surface area contributed by atoms with Gasteiger partial charge in [0.2, 0.25) is 0 Å². The van der Waals surface area contributed by atoms with Gasteiger partial charge in [-0.05, 0) is 0 Å². The number of carbonyl (C=O) groups is 2. The Morgan fingerprint density at radius 1 is 1.72 bits per heavy atom. The molecule has 1 rings (SSSR count). The molecule has 1 heterocycles. The van der Waals surface area contributed by atoms with Crippen LogP contribution in [0.2, 0.25) is 0 Å². The molecule has 0 bridgehead atoms. The van der Waals surface area contributed by atoms with Crippen molar-refractivity contribution in [2.24, 2.45) is 7.05 Å². The van der Waals surface area contributed by atoms with Gasteiger partial charge in [-0.15, -0.1) is 0 Å². The molecule has 0 aromatic carbocycles. The molecule has 0 spiro atoms. The van der Waals surface area contributed by atoms with Crippen LogP contribution in [0.3, 0.4) is 0 Å². The lowest BCUT2D eigenvalue weighted by Gasteiger charge is -2.12. The van der Waals surface area contributed by atoms with Crippen molar-refractivity contribution < 1.29 is 19.4 Å². The van der Waals surface area contributed by atoms with Gasteiger partial charge in [-0.25, -0.2) is 14.6 Å². The van der Waals surface area contributed by atoms with E-state index in [1.54, 1.807) is 24.1 Å². The highest BCUT2D eigenvalue weighted by molar-refractivity contribution is 5.80. The summed E-state index contributed by atoms with van der Waals surface area (Å²) in [4.78, 5) is 26.2. The topological polar surface area (TPSA) is 93.5 Å². The van der Waals surface area contributed by atoms with E-state index in [-0.39, 0.29) is 13.0 Å². The van der Waals surface area contributed by atoms with Crippen molar-refractivity contribution in [2.45, 2.75) is 12.5 Å². The van der Waals surface area contributed by atoms with E-state index in [9.17, 15) is 9.59 Å². The maximum Gasteiger partial charge on any atom is 0.408 e. The minimum atomic E-state index is -1.14. The van der Waals surface area contributed by atoms with E-state index in [0.29, 0.717) is 5.69 Å². The molecule has 0 aliphatic carbocycles. The van der Waals surface area contributed by atoms with E-state index in [1.165, 1.54) is 6.08 Å². The van der Waals surface area contributed by atoms with Crippen LogP contribution >= 0.6 is 0 Å². The fourth-order valence-corrected chi connectivity index (χ4v) is 1.30. The second kappa shape index (κ2) is 6.43. The number of carbonyl (C=O) groups excluding carboxylic acids is 1. The van der Waals surface area contributed by atoms with Crippen LogP contribution in [0.1, 0.15) is 5.69 Å². The number of carboxylic acid groups (broad SMARTS) is 1. The van der Waals surface area contributed by atoms with Crippen LogP contribution in [0.15, 0.2) is 25.2 Å². The first-order valence-electron chi connectivity index (χ1n) is 5.26. The molecule has 0 saturated carbocycles. The summed E-state index contributed by atoms with van der Waals surface area (Å²) in [5.41, 5.74) is 0.578. The number of imidazole rings is 1. The molecule has 0 fully saturated rings. The minimum Gasteiger partial charge on any atom is -0.480 e. The number of hydrogen-bond donors (Lipinski definition) is 2. The van der Waals surface area contributed by atoms with Crippen LogP contribution in [-0.2, 0) is 23.0 Å². The molecule has 0 saturated heterocycles. The molecular weight excluding hydrogens is 238 g/mol. The van der Waals surface area contributed by atoms with Crippen LogP contribution in [0, 0.1) is 0 Å². The molecule has 2 N–H and O–H groups in total. The fraction of sp³-hybridized carbons (Fsp3) is 0.364. The van der Waals surface area contributed by atoms with Gasteiger partial charge in [0.05, 0.1) is 12.0 Å². The third-order valence-electron chi connectivity index (χ3n) is 2.09. The molecule has 7 nitrogen and oxygen atoms in total. The number of rotatable bonds is 6. The summed E-state index contributed by atoms with van der Waals surface area (Å²) in [7, 11) is 1.78. The molecule has 18 heavy (non-hydrogen) atoms. The van der Waals surface area contributed by atoms with Gasteiger partial charge < -0.3 is 19.7 Å². The first-order chi connectivity index (χ1) is 8.52. The third kappa shape index (κ3) is 4.28. The Labute approximate surface area is 104 Å². The normalized spacial score (nSPS) is 11.6. The number of ether oxygens (including phenoxy) is 1. The maximum atomic E-state index is 11.2. The molecule has 1 amide bonds. The average Bonchev–Trinajstić information content (AvgIpc) is 2.71. The van der Waals surface area contributed by atoms with Gasteiger partial charge in [-0.3, -0.25) is 0 Å². The van der Waals surface area contributed by atoms with E-state index < -0.39 is 18.1 Å². The summed E-state index contributed by atoms with van der Waals surface area (Å²) in [5, 5.41) is 11.2. The third-order valence-corrected chi connectivity index (χ3v) is 2.09. The number of nitrogens with one attached hydrogen (secondary N) is 1. The smallest absolute Gasteiger partial charge is 0.408 e. The first-order valence-corrected chi connectivity index (χ1v) is 5.26. The zero-order chi connectivity index (χ0) is 13.5. The van der Waals surface area contributed by atoms with E-state index in [1.807, 2.05) is 0 Å². The summed E-state index contributed by atoms with van der Waals surface area (Å²) in [6.45, 7) is 3.41. The van der Waals surface area contributed by atoms with Crippen molar-refractivity contribution >= 4 is 12.1 Å². The Morgan fingerprint density at radius 3 is 2.94 bits per heavy atom. The highest BCUT2D eigenvalue weighted by Gasteiger charge is 2.21. The lowest BCUT2D eigenvalue weighted by molar-refractivity contribution is -0.139. The number of nitrogens with zero attached hydrogens (tertiary/aromatic N) is 2. The van der Waals surface area contributed by atoms with E-state index in [0.717, 1.165) is 0 Å². The van der Waals surface area contributed by atoms with Crippen molar-refractivity contribution in [3.63, 3.8) is 0 Å². The molecule has 1 atom stereocenters. The van der Waals surface area contributed by atoms with Gasteiger partial charge in [0.25, 0.3) is 0 Å². The van der Waals surface area contributed by atoms with Crippen molar-refractivity contribution in [2.75, 3.05) is 6.61 Å². The largest absolute Gasteiger partial charge is 0.480 e. The highest BCUT2D eigenvalue weighted by Crippen LogP contribution is 2.01. The second-order valence-electron chi connectivity index (χ2n) is 3.66. The number of aromatic nitrogens is 2. The highest BCUT2D eigenvalue weighted by atomic mass is 16.5. The Hall–Kier alpha value is -2.31. The van der Waals surface area contributed by atoms with Crippen molar-refractivity contribution in [3.05, 3.63) is 30.9 Å². The van der Waals surface area contributed by atoms with Crippen molar-refractivity contribution in [3.8, 4) is 0 Å². The molecule has 0 aliphatic rings. The summed E-state index contributed by atoms with van der Waals surface area (Å²) < 4.78 is 6.36. The number of aliphatic carboxylic acids is 1. The van der Waals surface area contributed by atoms with Gasteiger partial charge >= 0.3 is 12.1 Å². The van der Waals surface area contributed by atoms with Gasteiger partial charge in [0, 0.05) is 19.7 Å². The predicted molar refractivity (Wildman–Crippen MR) is 63.0 cm³/mol. The zero-order valence-corrected chi connectivity index (χ0v) is 10.00. The van der Waals surface area contributed by atoms with Crippen molar-refractivity contribution in [1.29, 1.82) is 0 Å². The Balaban J connectivity index is 2.57. The Morgan fingerprint density at radius 2 is 2.44 bits per heavy atom. The van der Waals surface area contributed by atoms with Crippen LogP contribution in [0.5, 0.6) is 0 Å². The molecule has 0 radical (unpaired) electrons. The van der Waals surface area contributed by atoms with Gasteiger partial charge in [0.15, 0.2) is 0 Å². The number of aryl methyl sites for hydroxylation is 1. The number of alkyl carbamates (subject to hydrolysis) is 1. The Bertz CT molecular complexity index is 441. The maximum absolute atomic E-state index is 11.2. The minimum absolute atomic E-state index is 0.0295. The standard InChI is InChI=1S/C11H15N3O4/c1-3-4-18-11(17)13-9(10(15)16)5-8-6-14(2)7-12-8/h3,6-7,9H,1,4-5H2,2H3,(H,13,17)(H,15,16)/t9-/m1/s1. The van der Waals surface area contributed by atoms with E-state index in [2.05, 4.69) is 21.6 Å². The summed E-state index contributed by atoms with van der Waals surface area (Å²) >= 11 is 0. The van der Waals surface area contributed by atoms with Crippen molar-refractivity contribution in [1.82, 2.24) is 14.9 Å². The predicted octanol–water partition coefficient (Wildman–Crippen LogP) is 0.328. The monoisotopic (exact) mass is 253 g/mol. The average molecular weight is 253 g/mol. The second-order valence-corrected chi connectivity index (χ2v) is 3.66. The van der Waals surface area contributed by atoms with Crippen LogP contribution in [-0.4, -0.2) is 39.4 Å². The van der Waals surface area contributed by atoms with Gasteiger partial charge in [-0.1, -0.05) is 12.7 Å². The van der Waals surface area contributed by atoms with Crippen LogP contribution in [0.4, 0.5) is 4.79 Å². The molecule has 0 unspecified atom stereocenters. The molecule has 7 heteroatoms. The summed E-state index contributed by atoms with van der Waals surface area (Å²) in [6, 6.07) is -1.07. The molecule has 1 aromatic rings. The van der Waals surface area contributed by atoms with E-state index >= 15 is 0 Å². The lowest BCUT2D eigenvalue weighted by atomic mass is 10.2. The number of amides is 1. The molecular formula is C11H15N3O4. The first kappa shape index (κ1) is 13.8. The molecule has 98 valence electrons. The Kier molecular flexibility index (Phi) is 4.91. The van der Waals surface area contributed by atoms with Crippen LogP contribution in [0.25, 0.3) is 0 Å². The summed E-state index contributed by atoms with van der Waals surface area (Å²) in [6.07, 6.45) is 3.95. The van der Waals surface area contributed by atoms with Crippen LogP contribution < -0.4 is 5.32 Å². The zero-order valence-electron chi connectivity index (χ0n) is 10.00. The SMILES string of the molecule is C=CCOC(=O)N[C@H](Cc1cn(C)cn1)C(=O)O. The van der Waals surface area contributed by atoms with Gasteiger partial charge in [-0.2, -0.15) is 0 Å². The molecule has 0 aliphatic heterocycles. The lowest BCUT2D eigenvalue weighted by Crippen LogP contribution is -2.42. The fourth-order valence-electron chi connectivity index (χ4n) is 1.30. The van der Waals surface area contributed by atoms with E-state index in [4.69, 9.17) is 5.11 Å². The summed E-state index contributed by atoms with van der Waals surface area (Å²) in [5.74, 6) is -1.14. The molecule has 1 aromatic heterocycles. The number of carboxylic acids is 1. The number of hydrogen-bond acceptors (Lipinski definition) is 4. The van der Waals surface area contributed by atoms with Gasteiger partial charge in [0.1, 0.15) is 12.6 Å².